The van der Waals surface area contributed by atoms with E-state index in [9.17, 15) is 31.5 Å². The quantitative estimate of drug-likeness (QED) is 0.180. The lowest BCUT2D eigenvalue weighted by molar-refractivity contribution is -0.134. The summed E-state index contributed by atoms with van der Waals surface area (Å²) in [5, 5.41) is 9.58. The van der Waals surface area contributed by atoms with Crippen LogP contribution >= 0.6 is 11.3 Å². The molecule has 2 aromatic carbocycles. The van der Waals surface area contributed by atoms with E-state index < -0.39 is 39.9 Å². The number of methoxy groups -OCH3 is 1. The minimum absolute atomic E-state index is 0.00401. The summed E-state index contributed by atoms with van der Waals surface area (Å²) in [5.41, 5.74) is 1.57. The Bertz CT molecular complexity index is 1730. The maximum atomic E-state index is 14.8. The first-order valence-corrected chi connectivity index (χ1v) is 13.8. The van der Waals surface area contributed by atoms with Crippen LogP contribution in [0.4, 0.5) is 22.0 Å². The Balaban J connectivity index is 1.24. The van der Waals surface area contributed by atoms with Crippen molar-refractivity contribution in [1.82, 2.24) is 10.4 Å². The van der Waals surface area contributed by atoms with Gasteiger partial charge in [-0.05, 0) is 57.0 Å². The molecule has 0 saturated heterocycles. The summed E-state index contributed by atoms with van der Waals surface area (Å²) >= 11 is 0.538. The highest BCUT2D eigenvalue weighted by molar-refractivity contribution is 7.19. The Kier molecular flexibility index (Phi) is 7.75. The molecule has 0 fully saturated rings. The third kappa shape index (κ3) is 5.35. The van der Waals surface area contributed by atoms with Gasteiger partial charge in [-0.2, -0.15) is 27.8 Å². The Morgan fingerprint density at radius 1 is 1.05 bits per heavy atom. The minimum Gasteiger partial charge on any atom is -0.495 e. The van der Waals surface area contributed by atoms with E-state index in [0.29, 0.717) is 29.7 Å². The van der Waals surface area contributed by atoms with Crippen LogP contribution < -0.4 is 14.9 Å². The number of thiophene rings is 1. The summed E-state index contributed by atoms with van der Waals surface area (Å²) < 4.78 is 80.8. The van der Waals surface area contributed by atoms with Crippen molar-refractivity contribution in [3.8, 4) is 11.5 Å². The molecule has 0 aliphatic carbocycles. The number of nitrogens with zero attached hydrogens (tertiary/aromatic N) is 3. The molecule has 2 aliphatic rings. The van der Waals surface area contributed by atoms with Crippen LogP contribution in [0.2, 0.25) is 0 Å². The molecule has 1 aromatic heterocycles. The monoisotopic (exact) mass is 620 g/mol. The summed E-state index contributed by atoms with van der Waals surface area (Å²) in [6, 6.07) is 6.60. The summed E-state index contributed by atoms with van der Waals surface area (Å²) in [4.78, 5) is 24.0. The molecule has 43 heavy (non-hydrogen) atoms. The number of hydrazone groups is 2. The summed E-state index contributed by atoms with van der Waals surface area (Å²) in [6.45, 7) is 7.02. The highest BCUT2D eigenvalue weighted by atomic mass is 32.1. The molecular formula is C29H25F5N4O4S. The lowest BCUT2D eigenvalue weighted by Gasteiger charge is -2.18. The van der Waals surface area contributed by atoms with Gasteiger partial charge in [0.15, 0.2) is 11.6 Å². The van der Waals surface area contributed by atoms with Crippen molar-refractivity contribution >= 4 is 44.7 Å². The highest BCUT2D eigenvalue weighted by Gasteiger charge is 2.41. The van der Waals surface area contributed by atoms with Crippen LogP contribution in [-0.4, -0.2) is 48.5 Å². The van der Waals surface area contributed by atoms with E-state index in [0.717, 1.165) is 6.07 Å². The number of alkyl halides is 3. The van der Waals surface area contributed by atoms with Crippen LogP contribution in [0.25, 0.3) is 10.1 Å². The molecule has 0 bridgehead atoms. The normalized spacial score (nSPS) is 16.6. The lowest BCUT2D eigenvalue weighted by atomic mass is 9.83. The third-order valence-electron chi connectivity index (χ3n) is 7.15. The van der Waals surface area contributed by atoms with Gasteiger partial charge < -0.3 is 9.47 Å². The fourth-order valence-electron chi connectivity index (χ4n) is 4.72. The SMILES string of the molecule is C=C1C(=O)N(CCCCOc2ccc(C3=NNC(=O)C3(C)C)c(F)c2F)N=C1c1ccc(OC)c2sc(C(F)(F)F)cc12. The number of fused-ring (bicyclic) bond motifs is 1. The molecule has 1 N–H and O–H groups in total. The average molecular weight is 621 g/mol. The molecule has 8 nitrogen and oxygen atoms in total. The number of hydrogen-bond donors (Lipinski definition) is 1. The van der Waals surface area contributed by atoms with Crippen molar-refractivity contribution in [3.05, 3.63) is 70.1 Å². The predicted molar refractivity (Wildman–Crippen MR) is 150 cm³/mol. The zero-order valence-corrected chi connectivity index (χ0v) is 24.0. The molecule has 0 radical (unpaired) electrons. The van der Waals surface area contributed by atoms with E-state index in [2.05, 4.69) is 22.2 Å². The van der Waals surface area contributed by atoms with Crippen LogP contribution in [0.3, 0.4) is 0 Å². The average Bonchev–Trinajstić information content (AvgIpc) is 3.61. The van der Waals surface area contributed by atoms with Crippen molar-refractivity contribution < 1.29 is 41.0 Å². The third-order valence-corrected chi connectivity index (χ3v) is 8.35. The summed E-state index contributed by atoms with van der Waals surface area (Å²) in [6.07, 6.45) is -3.85. The topological polar surface area (TPSA) is 92.6 Å². The van der Waals surface area contributed by atoms with Crippen molar-refractivity contribution in [2.75, 3.05) is 20.3 Å². The second-order valence-electron chi connectivity index (χ2n) is 10.3. The number of benzene rings is 2. The van der Waals surface area contributed by atoms with Gasteiger partial charge in [0, 0.05) is 23.1 Å². The largest absolute Gasteiger partial charge is 0.495 e. The molecule has 0 spiro atoms. The van der Waals surface area contributed by atoms with Crippen LogP contribution in [-0.2, 0) is 15.8 Å². The molecular weight excluding hydrogens is 595 g/mol. The zero-order valence-electron chi connectivity index (χ0n) is 23.2. The van der Waals surface area contributed by atoms with Gasteiger partial charge in [-0.25, -0.2) is 14.8 Å². The zero-order chi connectivity index (χ0) is 31.3. The molecule has 0 unspecified atom stereocenters. The smallest absolute Gasteiger partial charge is 0.425 e. The van der Waals surface area contributed by atoms with E-state index in [4.69, 9.17) is 9.47 Å². The second-order valence-corrected chi connectivity index (χ2v) is 11.4. The molecule has 226 valence electrons. The van der Waals surface area contributed by atoms with Crippen molar-refractivity contribution in [2.45, 2.75) is 32.9 Å². The number of halogens is 5. The van der Waals surface area contributed by atoms with E-state index in [1.54, 1.807) is 13.8 Å². The van der Waals surface area contributed by atoms with Gasteiger partial charge in [-0.1, -0.05) is 6.58 Å². The standard InChI is InChI=1S/C29H25F5N4O4S/c1-14-23(15-7-10-19(41-4)24-17(15)13-20(43-24)29(32,33)34)37-38(26(14)39)11-5-6-12-42-18-9-8-16(21(30)22(18)31)25-28(2,3)27(40)36-35-25/h7-10,13H,1,5-6,11-12H2,2-4H3,(H,36,40). The number of nitrogens with one attached hydrogen (secondary N) is 1. The van der Waals surface area contributed by atoms with Crippen LogP contribution in [0.15, 0.2) is 52.7 Å². The minimum atomic E-state index is -4.55. The number of carbonyl (C=O) groups is 2. The molecule has 0 atom stereocenters. The fraction of sp³-hybridized carbons (Fsp3) is 0.310. The number of amides is 2. The van der Waals surface area contributed by atoms with Gasteiger partial charge in [0.25, 0.3) is 11.8 Å². The first kappa shape index (κ1) is 30.1. The maximum Gasteiger partial charge on any atom is 0.425 e. The first-order valence-electron chi connectivity index (χ1n) is 13.0. The fourth-order valence-corrected chi connectivity index (χ4v) is 5.76. The molecule has 14 heteroatoms. The number of carbonyl (C=O) groups excluding carboxylic acids is 2. The van der Waals surface area contributed by atoms with Crippen molar-refractivity contribution in [3.63, 3.8) is 0 Å². The van der Waals surface area contributed by atoms with Crippen LogP contribution in [0, 0.1) is 17.0 Å². The molecule has 0 saturated carbocycles. The Morgan fingerprint density at radius 2 is 1.74 bits per heavy atom. The van der Waals surface area contributed by atoms with E-state index in [-0.39, 0.29) is 57.3 Å². The highest BCUT2D eigenvalue weighted by Crippen LogP contribution is 2.43. The molecule has 3 heterocycles. The number of ether oxygens (including phenoxy) is 2. The van der Waals surface area contributed by atoms with Crippen LogP contribution in [0.5, 0.6) is 11.5 Å². The van der Waals surface area contributed by atoms with E-state index >= 15 is 0 Å². The molecule has 2 aliphatic heterocycles. The summed E-state index contributed by atoms with van der Waals surface area (Å²) in [5.74, 6) is -3.40. The lowest BCUT2D eigenvalue weighted by Crippen LogP contribution is -2.33. The predicted octanol–water partition coefficient (Wildman–Crippen LogP) is 6.03. The van der Waals surface area contributed by atoms with Crippen LogP contribution in [0.1, 0.15) is 42.7 Å². The number of hydrogen-bond acceptors (Lipinski definition) is 7. The van der Waals surface area contributed by atoms with E-state index in [1.807, 2.05) is 0 Å². The van der Waals surface area contributed by atoms with Gasteiger partial charge in [0.1, 0.15) is 16.3 Å². The molecule has 3 aromatic rings. The first-order chi connectivity index (χ1) is 20.3. The number of unbranched alkanes of at least 4 members (excludes halogenated alkanes) is 1. The Labute approximate surface area is 246 Å². The van der Waals surface area contributed by atoms with Crippen molar-refractivity contribution in [1.29, 1.82) is 0 Å². The van der Waals surface area contributed by atoms with Gasteiger partial charge >= 0.3 is 6.18 Å². The van der Waals surface area contributed by atoms with Crippen molar-refractivity contribution in [2.24, 2.45) is 15.6 Å². The molecule has 2 amide bonds. The maximum absolute atomic E-state index is 14.8. The number of rotatable bonds is 9. The van der Waals surface area contributed by atoms with E-state index in [1.165, 1.54) is 36.4 Å². The van der Waals surface area contributed by atoms with Gasteiger partial charge in [-0.3, -0.25) is 9.59 Å². The Morgan fingerprint density at radius 3 is 2.40 bits per heavy atom. The Hall–Kier alpha value is -4.33. The second kappa shape index (κ2) is 11.1. The summed E-state index contributed by atoms with van der Waals surface area (Å²) in [7, 11) is 1.36. The molecule has 5 rings (SSSR count). The van der Waals surface area contributed by atoms with Gasteiger partial charge in [-0.15, -0.1) is 11.3 Å². The van der Waals surface area contributed by atoms with Gasteiger partial charge in [0.2, 0.25) is 5.82 Å². The van der Waals surface area contributed by atoms with Gasteiger partial charge in [0.05, 0.1) is 35.1 Å².